The molecule has 0 spiro atoms. The van der Waals surface area contributed by atoms with Crippen LogP contribution in [0.25, 0.3) is 11.2 Å². The first-order valence-corrected chi connectivity index (χ1v) is 7.80. The number of nitrogens with one attached hydrogen (secondary N) is 1. The number of aromatic nitrogens is 4. The average molecular weight is 292 g/mol. The van der Waals surface area contributed by atoms with Gasteiger partial charge in [0.05, 0.1) is 5.69 Å². The molecule has 0 unspecified atom stereocenters. The van der Waals surface area contributed by atoms with Crippen molar-refractivity contribution in [3.8, 4) is 0 Å². The van der Waals surface area contributed by atoms with Crippen LogP contribution in [0, 0.1) is 15.6 Å². The zero-order valence-corrected chi connectivity index (χ0v) is 14.1. The Labute approximate surface area is 125 Å². The minimum atomic E-state index is 0.259. The lowest BCUT2D eigenvalue weighted by Gasteiger charge is -2.06. The van der Waals surface area contributed by atoms with Crippen molar-refractivity contribution in [3.63, 3.8) is 0 Å². The molecule has 4 nitrogen and oxygen atoms in total. The number of fused-ring (bicyclic) bond motifs is 1. The van der Waals surface area contributed by atoms with Crippen LogP contribution in [-0.4, -0.2) is 19.3 Å². The standard InChI is InChI=1S/C15H24N4S/c1-7-8-9-10-11(18(6)17-9)19(13(20)16-10)12-14(2,3)15(12,4)5/h12H,7-8H2,1-6H3,(H,16,20). The Morgan fingerprint density at radius 2 is 1.85 bits per heavy atom. The maximum absolute atomic E-state index is 5.60. The van der Waals surface area contributed by atoms with E-state index < -0.39 is 0 Å². The van der Waals surface area contributed by atoms with Crippen LogP contribution in [0.2, 0.25) is 0 Å². The lowest BCUT2D eigenvalue weighted by atomic mass is 10.0. The Morgan fingerprint density at radius 3 is 2.35 bits per heavy atom. The molecule has 20 heavy (non-hydrogen) atoms. The first-order valence-electron chi connectivity index (χ1n) is 7.39. The van der Waals surface area contributed by atoms with Gasteiger partial charge in [0.2, 0.25) is 0 Å². The molecule has 0 amide bonds. The predicted molar refractivity (Wildman–Crippen MR) is 84.5 cm³/mol. The fourth-order valence-electron chi connectivity index (χ4n) is 3.70. The summed E-state index contributed by atoms with van der Waals surface area (Å²) >= 11 is 5.60. The Bertz CT molecular complexity index is 715. The van der Waals surface area contributed by atoms with Crippen molar-refractivity contribution in [2.75, 3.05) is 0 Å². The van der Waals surface area contributed by atoms with Crippen molar-refractivity contribution in [1.29, 1.82) is 0 Å². The summed E-state index contributed by atoms with van der Waals surface area (Å²) in [6, 6.07) is 0.432. The van der Waals surface area contributed by atoms with E-state index in [0.29, 0.717) is 6.04 Å². The Hall–Kier alpha value is -1.10. The molecule has 2 heterocycles. The summed E-state index contributed by atoms with van der Waals surface area (Å²) in [6.45, 7) is 11.5. The Morgan fingerprint density at radius 1 is 1.25 bits per heavy atom. The minimum Gasteiger partial charge on any atom is -0.328 e. The van der Waals surface area contributed by atoms with Crippen molar-refractivity contribution < 1.29 is 0 Å². The van der Waals surface area contributed by atoms with E-state index in [1.807, 2.05) is 11.7 Å². The molecular formula is C15H24N4S. The van der Waals surface area contributed by atoms with Crippen LogP contribution in [0.15, 0.2) is 0 Å². The van der Waals surface area contributed by atoms with E-state index in [0.717, 1.165) is 34.5 Å². The average Bonchev–Trinajstić information content (AvgIpc) is 2.67. The highest BCUT2D eigenvalue weighted by atomic mass is 32.1. The number of hydrogen-bond acceptors (Lipinski definition) is 2. The molecule has 0 aliphatic heterocycles. The Kier molecular flexibility index (Phi) is 2.75. The molecule has 1 fully saturated rings. The third-order valence-electron chi connectivity index (χ3n) is 5.46. The van der Waals surface area contributed by atoms with Gasteiger partial charge >= 0.3 is 0 Å². The molecule has 1 aliphatic rings. The quantitative estimate of drug-likeness (QED) is 0.869. The number of hydrogen-bond donors (Lipinski definition) is 1. The molecule has 3 rings (SSSR count). The summed E-state index contributed by atoms with van der Waals surface area (Å²) in [5.41, 5.74) is 3.91. The van der Waals surface area contributed by atoms with Gasteiger partial charge < -0.3 is 4.98 Å². The highest BCUT2D eigenvalue weighted by Gasteiger charge is 2.66. The summed E-state index contributed by atoms with van der Waals surface area (Å²) in [5.74, 6) is 0. The van der Waals surface area contributed by atoms with Crippen molar-refractivity contribution >= 4 is 23.4 Å². The maximum atomic E-state index is 5.60. The molecule has 1 aliphatic carbocycles. The third kappa shape index (κ3) is 1.53. The molecule has 5 heteroatoms. The van der Waals surface area contributed by atoms with Crippen LogP contribution in [0.4, 0.5) is 0 Å². The van der Waals surface area contributed by atoms with Gasteiger partial charge in [-0.05, 0) is 29.5 Å². The van der Waals surface area contributed by atoms with Crippen LogP contribution >= 0.6 is 12.2 Å². The monoisotopic (exact) mass is 292 g/mol. The van der Waals surface area contributed by atoms with E-state index in [-0.39, 0.29) is 10.8 Å². The van der Waals surface area contributed by atoms with Crippen LogP contribution in [-0.2, 0) is 13.5 Å². The Balaban J connectivity index is 2.23. The van der Waals surface area contributed by atoms with Crippen LogP contribution in [0.5, 0.6) is 0 Å². The van der Waals surface area contributed by atoms with Gasteiger partial charge in [-0.25, -0.2) is 0 Å². The highest BCUT2D eigenvalue weighted by molar-refractivity contribution is 7.71. The van der Waals surface area contributed by atoms with Gasteiger partial charge in [0.15, 0.2) is 10.4 Å². The molecule has 1 saturated carbocycles. The molecule has 0 aromatic carbocycles. The lowest BCUT2D eigenvalue weighted by Crippen LogP contribution is -2.05. The molecule has 2 aromatic rings. The van der Waals surface area contributed by atoms with Crippen LogP contribution < -0.4 is 0 Å². The van der Waals surface area contributed by atoms with Gasteiger partial charge in [-0.15, -0.1) is 0 Å². The largest absolute Gasteiger partial charge is 0.328 e. The normalized spacial score (nSPS) is 20.7. The van der Waals surface area contributed by atoms with Gasteiger partial charge in [0.1, 0.15) is 5.52 Å². The second-order valence-electron chi connectivity index (χ2n) is 7.16. The SMILES string of the molecule is CCCc1nn(C)c2c1[nH]c(=S)n2C1C(C)(C)C1(C)C. The predicted octanol–water partition coefficient (Wildman–Crippen LogP) is 3.99. The van der Waals surface area contributed by atoms with Crippen molar-refractivity contribution in [2.45, 2.75) is 53.5 Å². The highest BCUT2D eigenvalue weighted by Crippen LogP contribution is 2.71. The van der Waals surface area contributed by atoms with E-state index in [2.05, 4.69) is 49.3 Å². The molecule has 110 valence electrons. The number of imidazole rings is 1. The van der Waals surface area contributed by atoms with Gasteiger partial charge in [-0.2, -0.15) is 5.10 Å². The molecule has 1 N–H and O–H groups in total. The molecule has 0 radical (unpaired) electrons. The second kappa shape index (κ2) is 3.97. The second-order valence-corrected chi connectivity index (χ2v) is 7.55. The summed E-state index contributed by atoms with van der Waals surface area (Å²) in [6.07, 6.45) is 2.09. The maximum Gasteiger partial charge on any atom is 0.179 e. The first-order chi connectivity index (χ1) is 9.23. The summed E-state index contributed by atoms with van der Waals surface area (Å²) < 4.78 is 5.10. The summed E-state index contributed by atoms with van der Waals surface area (Å²) in [5, 5.41) is 4.67. The van der Waals surface area contributed by atoms with E-state index in [1.165, 1.54) is 0 Å². The molecule has 2 aromatic heterocycles. The van der Waals surface area contributed by atoms with Crippen molar-refractivity contribution in [3.05, 3.63) is 10.5 Å². The van der Waals surface area contributed by atoms with E-state index in [1.54, 1.807) is 0 Å². The minimum absolute atomic E-state index is 0.259. The number of H-pyrrole nitrogens is 1. The summed E-state index contributed by atoms with van der Waals surface area (Å²) in [7, 11) is 2.02. The zero-order valence-electron chi connectivity index (χ0n) is 13.2. The number of nitrogens with zero attached hydrogens (tertiary/aromatic N) is 3. The van der Waals surface area contributed by atoms with Gasteiger partial charge in [-0.3, -0.25) is 9.25 Å². The van der Waals surface area contributed by atoms with E-state index >= 15 is 0 Å². The van der Waals surface area contributed by atoms with E-state index in [9.17, 15) is 0 Å². The zero-order chi connectivity index (χ0) is 14.9. The van der Waals surface area contributed by atoms with Crippen LogP contribution in [0.1, 0.15) is 52.8 Å². The fraction of sp³-hybridized carbons (Fsp3) is 0.733. The van der Waals surface area contributed by atoms with Crippen molar-refractivity contribution in [2.24, 2.45) is 17.9 Å². The number of aromatic amines is 1. The lowest BCUT2D eigenvalue weighted by molar-refractivity contribution is 0.457. The van der Waals surface area contributed by atoms with Gasteiger partial charge in [0.25, 0.3) is 0 Å². The molecule has 0 atom stereocenters. The summed E-state index contributed by atoms with van der Waals surface area (Å²) in [4.78, 5) is 3.39. The third-order valence-corrected chi connectivity index (χ3v) is 5.76. The topological polar surface area (TPSA) is 38.5 Å². The van der Waals surface area contributed by atoms with Crippen molar-refractivity contribution in [1.82, 2.24) is 19.3 Å². The number of aryl methyl sites for hydroxylation is 2. The number of rotatable bonds is 3. The first kappa shape index (κ1) is 13.9. The molecule has 0 bridgehead atoms. The molecule has 0 saturated heterocycles. The molecular weight excluding hydrogens is 268 g/mol. The van der Waals surface area contributed by atoms with E-state index in [4.69, 9.17) is 12.2 Å². The van der Waals surface area contributed by atoms with Crippen LogP contribution in [0.3, 0.4) is 0 Å². The fourth-order valence-corrected chi connectivity index (χ4v) is 3.99. The smallest absolute Gasteiger partial charge is 0.179 e. The van der Waals surface area contributed by atoms with Gasteiger partial charge in [-0.1, -0.05) is 41.0 Å². The van der Waals surface area contributed by atoms with Gasteiger partial charge in [0, 0.05) is 13.1 Å².